The molecule has 1 saturated heterocycles. The van der Waals surface area contributed by atoms with Crippen LogP contribution >= 0.6 is 11.8 Å². The van der Waals surface area contributed by atoms with Gasteiger partial charge in [-0.3, -0.25) is 4.79 Å². The minimum Gasteiger partial charge on any atom is -0.379 e. The maximum absolute atomic E-state index is 13.1. The fourth-order valence-corrected chi connectivity index (χ4v) is 6.56. The summed E-state index contributed by atoms with van der Waals surface area (Å²) in [4.78, 5) is 19.6. The molecular weight excluding hydrogens is 460 g/mol. The SMILES string of the molecule is CCn1c(S[C@H](C(=O)N(C)C)c2ccccc2)nc2cc(S(=O)(=O)N3CCOCC3)ccc21. The van der Waals surface area contributed by atoms with Gasteiger partial charge in [-0.1, -0.05) is 42.1 Å². The summed E-state index contributed by atoms with van der Waals surface area (Å²) in [6.07, 6.45) is 0. The van der Waals surface area contributed by atoms with Crippen LogP contribution in [-0.2, 0) is 26.1 Å². The number of morpholine rings is 1. The van der Waals surface area contributed by atoms with Gasteiger partial charge in [0.25, 0.3) is 0 Å². The Bertz CT molecular complexity index is 1240. The van der Waals surface area contributed by atoms with Crippen LogP contribution in [0.2, 0.25) is 0 Å². The van der Waals surface area contributed by atoms with Crippen molar-refractivity contribution >= 4 is 38.7 Å². The first-order valence-corrected chi connectivity index (χ1v) is 13.2. The molecule has 2 aromatic carbocycles. The number of nitrogens with zero attached hydrogens (tertiary/aromatic N) is 4. The molecule has 1 atom stereocenters. The molecular formula is C23H28N4O4S2. The van der Waals surface area contributed by atoms with E-state index in [0.717, 1.165) is 11.1 Å². The van der Waals surface area contributed by atoms with Crippen molar-refractivity contribution in [2.24, 2.45) is 0 Å². The molecule has 0 bridgehead atoms. The van der Waals surface area contributed by atoms with Crippen molar-refractivity contribution in [3.8, 4) is 0 Å². The van der Waals surface area contributed by atoms with Crippen molar-refractivity contribution < 1.29 is 17.9 Å². The number of carbonyl (C=O) groups excluding carboxylic acids is 1. The van der Waals surface area contributed by atoms with Gasteiger partial charge >= 0.3 is 0 Å². The molecule has 1 aromatic heterocycles. The Morgan fingerprint density at radius 3 is 2.48 bits per heavy atom. The van der Waals surface area contributed by atoms with Crippen LogP contribution in [0.3, 0.4) is 0 Å². The van der Waals surface area contributed by atoms with Crippen molar-refractivity contribution in [1.29, 1.82) is 0 Å². The number of fused-ring (bicyclic) bond motifs is 1. The Hall–Kier alpha value is -2.40. The van der Waals surface area contributed by atoms with Crippen LogP contribution in [0.15, 0.2) is 58.6 Å². The number of hydrogen-bond donors (Lipinski definition) is 0. The Labute approximate surface area is 198 Å². The third-order valence-corrected chi connectivity index (χ3v) is 8.73. The van der Waals surface area contributed by atoms with E-state index in [1.807, 2.05) is 41.8 Å². The van der Waals surface area contributed by atoms with E-state index in [9.17, 15) is 13.2 Å². The van der Waals surface area contributed by atoms with Crippen molar-refractivity contribution in [2.45, 2.75) is 28.8 Å². The van der Waals surface area contributed by atoms with Crippen molar-refractivity contribution in [3.63, 3.8) is 0 Å². The number of aromatic nitrogens is 2. The van der Waals surface area contributed by atoms with Crippen LogP contribution in [0, 0.1) is 0 Å². The fourth-order valence-electron chi connectivity index (χ4n) is 3.81. The highest BCUT2D eigenvalue weighted by Crippen LogP contribution is 2.38. The zero-order chi connectivity index (χ0) is 23.6. The Morgan fingerprint density at radius 1 is 1.15 bits per heavy atom. The monoisotopic (exact) mass is 488 g/mol. The molecule has 0 N–H and O–H groups in total. The number of carbonyl (C=O) groups is 1. The van der Waals surface area contributed by atoms with Gasteiger partial charge in [-0.25, -0.2) is 13.4 Å². The first-order valence-electron chi connectivity index (χ1n) is 10.8. The van der Waals surface area contributed by atoms with E-state index in [1.165, 1.54) is 16.1 Å². The number of ether oxygens (including phenoxy) is 1. The molecule has 8 nitrogen and oxygen atoms in total. The summed E-state index contributed by atoms with van der Waals surface area (Å²) in [5.41, 5.74) is 2.33. The maximum atomic E-state index is 13.1. The zero-order valence-electron chi connectivity index (χ0n) is 19.0. The number of rotatable bonds is 7. The van der Waals surface area contributed by atoms with Gasteiger partial charge in [0, 0.05) is 33.7 Å². The number of likely N-dealkylation sites (N-methyl/N-ethyl adjacent to an activating group) is 1. The van der Waals surface area contributed by atoms with E-state index >= 15 is 0 Å². The lowest BCUT2D eigenvalue weighted by Crippen LogP contribution is -2.40. The van der Waals surface area contributed by atoms with E-state index in [-0.39, 0.29) is 10.8 Å². The second-order valence-electron chi connectivity index (χ2n) is 7.95. The van der Waals surface area contributed by atoms with Gasteiger partial charge in [0.1, 0.15) is 5.25 Å². The second kappa shape index (κ2) is 9.84. The Morgan fingerprint density at radius 2 is 1.85 bits per heavy atom. The predicted octanol–water partition coefficient (Wildman–Crippen LogP) is 3.00. The lowest BCUT2D eigenvalue weighted by Gasteiger charge is -2.26. The molecule has 1 amide bonds. The molecule has 0 unspecified atom stereocenters. The molecule has 2 heterocycles. The summed E-state index contributed by atoms with van der Waals surface area (Å²) in [7, 11) is -0.137. The highest BCUT2D eigenvalue weighted by molar-refractivity contribution is 8.00. The third-order valence-electron chi connectivity index (χ3n) is 5.60. The van der Waals surface area contributed by atoms with Crippen LogP contribution in [0.4, 0.5) is 0 Å². The molecule has 3 aromatic rings. The number of thioether (sulfide) groups is 1. The Balaban J connectivity index is 1.72. The van der Waals surface area contributed by atoms with Gasteiger partial charge in [-0.05, 0) is 30.7 Å². The van der Waals surface area contributed by atoms with Crippen LogP contribution in [0.1, 0.15) is 17.7 Å². The molecule has 4 rings (SSSR count). The smallest absolute Gasteiger partial charge is 0.243 e. The largest absolute Gasteiger partial charge is 0.379 e. The lowest BCUT2D eigenvalue weighted by atomic mass is 10.1. The molecule has 0 spiro atoms. The first-order chi connectivity index (χ1) is 15.8. The average Bonchev–Trinajstić information content (AvgIpc) is 3.19. The number of amides is 1. The van der Waals surface area contributed by atoms with E-state index < -0.39 is 15.3 Å². The van der Waals surface area contributed by atoms with Gasteiger partial charge < -0.3 is 14.2 Å². The molecule has 0 radical (unpaired) electrons. The number of benzene rings is 2. The van der Waals surface area contributed by atoms with Crippen molar-refractivity contribution in [2.75, 3.05) is 40.4 Å². The first kappa shape index (κ1) is 23.7. The summed E-state index contributed by atoms with van der Waals surface area (Å²) in [5.74, 6) is -0.0310. The van der Waals surface area contributed by atoms with Crippen molar-refractivity contribution in [3.05, 3.63) is 54.1 Å². The average molecular weight is 489 g/mol. The minimum atomic E-state index is -3.62. The van der Waals surface area contributed by atoms with E-state index in [1.54, 1.807) is 37.2 Å². The van der Waals surface area contributed by atoms with Crippen molar-refractivity contribution in [1.82, 2.24) is 18.8 Å². The van der Waals surface area contributed by atoms with Crippen LogP contribution in [0.25, 0.3) is 11.0 Å². The number of hydrogen-bond acceptors (Lipinski definition) is 6. The van der Waals surface area contributed by atoms with Crippen LogP contribution in [0.5, 0.6) is 0 Å². The van der Waals surface area contributed by atoms with Gasteiger partial charge in [0.2, 0.25) is 15.9 Å². The quantitative estimate of drug-likeness (QED) is 0.476. The topological polar surface area (TPSA) is 84.7 Å². The molecule has 33 heavy (non-hydrogen) atoms. The number of imidazole rings is 1. The molecule has 0 aliphatic carbocycles. The normalized spacial score (nSPS) is 16.1. The standard InChI is InChI=1S/C23H28N4O4S2/c1-4-27-20-11-10-18(33(29,30)26-12-14-31-15-13-26)16-19(20)24-23(27)32-21(22(28)25(2)3)17-8-6-5-7-9-17/h5-11,16,21H,4,12-15H2,1-3H3/t21-/m0/s1. The van der Waals surface area contributed by atoms with Crippen LogP contribution < -0.4 is 0 Å². The summed E-state index contributed by atoms with van der Waals surface area (Å²) in [5, 5.41) is 0.220. The van der Waals surface area contributed by atoms with E-state index in [4.69, 9.17) is 9.72 Å². The molecule has 1 aliphatic rings. The molecule has 176 valence electrons. The second-order valence-corrected chi connectivity index (χ2v) is 11.0. The number of sulfonamides is 1. The highest BCUT2D eigenvalue weighted by Gasteiger charge is 2.29. The highest BCUT2D eigenvalue weighted by atomic mass is 32.2. The minimum absolute atomic E-state index is 0.0310. The lowest BCUT2D eigenvalue weighted by molar-refractivity contribution is -0.128. The fraction of sp³-hybridized carbons (Fsp3) is 0.391. The van der Waals surface area contributed by atoms with E-state index in [2.05, 4.69) is 0 Å². The van der Waals surface area contributed by atoms with Gasteiger partial charge in [-0.15, -0.1) is 0 Å². The Kier molecular flexibility index (Phi) is 7.08. The van der Waals surface area contributed by atoms with Gasteiger partial charge in [0.15, 0.2) is 5.16 Å². The molecule has 0 saturated carbocycles. The molecule has 1 fully saturated rings. The van der Waals surface area contributed by atoms with Gasteiger partial charge in [-0.2, -0.15) is 4.31 Å². The molecule has 10 heteroatoms. The molecule has 1 aliphatic heterocycles. The summed E-state index contributed by atoms with van der Waals surface area (Å²) in [6, 6.07) is 14.7. The van der Waals surface area contributed by atoms with E-state index in [0.29, 0.717) is 43.5 Å². The number of aryl methyl sites for hydroxylation is 1. The zero-order valence-corrected chi connectivity index (χ0v) is 20.6. The maximum Gasteiger partial charge on any atom is 0.243 e. The predicted molar refractivity (Wildman–Crippen MR) is 129 cm³/mol. The van der Waals surface area contributed by atoms with Gasteiger partial charge in [0.05, 0.1) is 29.1 Å². The summed E-state index contributed by atoms with van der Waals surface area (Å²) in [6.45, 7) is 4.13. The summed E-state index contributed by atoms with van der Waals surface area (Å²) < 4.78 is 35.0. The third kappa shape index (κ3) is 4.79. The summed E-state index contributed by atoms with van der Waals surface area (Å²) >= 11 is 1.38. The van der Waals surface area contributed by atoms with Crippen LogP contribution in [-0.4, -0.2) is 73.5 Å².